The van der Waals surface area contributed by atoms with Gasteiger partial charge in [-0.1, -0.05) is 38.3 Å². The van der Waals surface area contributed by atoms with Crippen LogP contribution in [0.1, 0.15) is 72.6 Å². The highest BCUT2D eigenvalue weighted by Crippen LogP contribution is 2.21. The van der Waals surface area contributed by atoms with E-state index in [4.69, 9.17) is 0 Å². The smallest absolute Gasteiger partial charge is 0.311 e. The normalized spacial score (nSPS) is 16.7. The number of hydrogen-bond acceptors (Lipinski definition) is 3. The van der Waals surface area contributed by atoms with Crippen LogP contribution in [0.15, 0.2) is 12.2 Å². The van der Waals surface area contributed by atoms with E-state index < -0.39 is 35.7 Å². The molecule has 0 fully saturated rings. The third-order valence-corrected chi connectivity index (χ3v) is 5.64. The standard InChI is InChI=1S/C23H41NO6/c1-5-6-7-8-9-10-11-12-13-14-24(15-18(2)21(25)26,16-19(3)22(27)28)17-20(4)23(29)30/h10-11,18-20H,5-9,12-17H2,1-4H3,(H2-,25,26,27,28,29,30)/p+1/b11-10+. The lowest BCUT2D eigenvalue weighted by molar-refractivity contribution is -0.934. The van der Waals surface area contributed by atoms with Crippen molar-refractivity contribution in [1.82, 2.24) is 0 Å². The van der Waals surface area contributed by atoms with Crippen LogP contribution in [-0.2, 0) is 14.4 Å². The van der Waals surface area contributed by atoms with Crippen molar-refractivity contribution in [1.29, 1.82) is 0 Å². The number of carboxylic acid groups (broad SMARTS) is 3. The van der Waals surface area contributed by atoms with Gasteiger partial charge >= 0.3 is 17.9 Å². The second kappa shape index (κ2) is 15.0. The minimum atomic E-state index is -0.949. The topological polar surface area (TPSA) is 112 Å². The van der Waals surface area contributed by atoms with Gasteiger partial charge in [0.1, 0.15) is 17.8 Å². The lowest BCUT2D eigenvalue weighted by Crippen LogP contribution is -2.57. The molecule has 0 amide bonds. The highest BCUT2D eigenvalue weighted by molar-refractivity contribution is 5.70. The second-order valence-corrected chi connectivity index (χ2v) is 8.79. The first-order valence-corrected chi connectivity index (χ1v) is 11.2. The molecule has 3 unspecified atom stereocenters. The summed E-state index contributed by atoms with van der Waals surface area (Å²) < 4.78 is 0.193. The third kappa shape index (κ3) is 12.0. The summed E-state index contributed by atoms with van der Waals surface area (Å²) in [5.41, 5.74) is 0. The molecule has 0 aromatic carbocycles. The zero-order chi connectivity index (χ0) is 23.2. The summed E-state index contributed by atoms with van der Waals surface area (Å²) in [6, 6.07) is 0. The Bertz CT molecular complexity index is 505. The fourth-order valence-corrected chi connectivity index (χ4v) is 3.94. The minimum Gasteiger partial charge on any atom is -0.481 e. The van der Waals surface area contributed by atoms with Crippen LogP contribution in [-0.4, -0.2) is 63.9 Å². The lowest BCUT2D eigenvalue weighted by Gasteiger charge is -2.42. The van der Waals surface area contributed by atoms with Gasteiger partial charge in [-0.3, -0.25) is 14.4 Å². The van der Waals surface area contributed by atoms with Crippen LogP contribution in [0.4, 0.5) is 0 Å². The van der Waals surface area contributed by atoms with Crippen LogP contribution in [0.3, 0.4) is 0 Å². The van der Waals surface area contributed by atoms with Gasteiger partial charge in [-0.05, 0) is 40.0 Å². The molecule has 0 aliphatic heterocycles. The molecule has 3 N–H and O–H groups in total. The van der Waals surface area contributed by atoms with Gasteiger partial charge < -0.3 is 19.8 Å². The van der Waals surface area contributed by atoms with Crippen LogP contribution in [0.25, 0.3) is 0 Å². The Morgan fingerprint density at radius 2 is 1.10 bits per heavy atom. The van der Waals surface area contributed by atoms with Gasteiger partial charge in [0, 0.05) is 6.42 Å². The highest BCUT2D eigenvalue weighted by Gasteiger charge is 2.37. The van der Waals surface area contributed by atoms with Crippen molar-refractivity contribution in [3.8, 4) is 0 Å². The second-order valence-electron chi connectivity index (χ2n) is 8.79. The molecule has 0 spiro atoms. The van der Waals surface area contributed by atoms with Gasteiger partial charge in [0.25, 0.3) is 0 Å². The number of rotatable bonds is 18. The number of aliphatic carboxylic acids is 3. The van der Waals surface area contributed by atoms with Crippen molar-refractivity contribution in [2.75, 3.05) is 26.2 Å². The number of carbonyl (C=O) groups is 3. The van der Waals surface area contributed by atoms with Crippen LogP contribution < -0.4 is 0 Å². The van der Waals surface area contributed by atoms with Crippen molar-refractivity contribution in [3.05, 3.63) is 12.2 Å². The number of hydrogen-bond donors (Lipinski definition) is 3. The summed E-state index contributed by atoms with van der Waals surface area (Å²) in [6.45, 7) is 8.23. The minimum absolute atomic E-state index is 0.193. The molecule has 0 aliphatic carbocycles. The molecule has 7 nitrogen and oxygen atoms in total. The Hall–Kier alpha value is -1.89. The van der Waals surface area contributed by atoms with Crippen molar-refractivity contribution in [2.45, 2.75) is 72.6 Å². The van der Waals surface area contributed by atoms with Gasteiger partial charge in [0.2, 0.25) is 0 Å². The Morgan fingerprint density at radius 3 is 1.47 bits per heavy atom. The molecule has 0 bridgehead atoms. The molecule has 0 aliphatic rings. The first-order chi connectivity index (χ1) is 14.0. The fraction of sp³-hybridized carbons (Fsp3) is 0.783. The Kier molecular flexibility index (Phi) is 14.0. The van der Waals surface area contributed by atoms with E-state index in [0.29, 0.717) is 6.54 Å². The van der Waals surface area contributed by atoms with E-state index in [2.05, 4.69) is 19.1 Å². The van der Waals surface area contributed by atoms with Crippen LogP contribution in [0, 0.1) is 17.8 Å². The molecule has 3 atom stereocenters. The molecular formula is C23H42NO6+. The van der Waals surface area contributed by atoms with Crippen LogP contribution in [0.5, 0.6) is 0 Å². The van der Waals surface area contributed by atoms with E-state index in [0.717, 1.165) is 19.3 Å². The van der Waals surface area contributed by atoms with Gasteiger partial charge in [0.15, 0.2) is 0 Å². The number of nitrogens with zero attached hydrogens (tertiary/aromatic N) is 1. The largest absolute Gasteiger partial charge is 0.481 e. The summed E-state index contributed by atoms with van der Waals surface area (Å²) >= 11 is 0. The van der Waals surface area contributed by atoms with Crippen molar-refractivity contribution >= 4 is 17.9 Å². The average Bonchev–Trinajstić information content (AvgIpc) is 2.66. The molecule has 0 radical (unpaired) electrons. The zero-order valence-electron chi connectivity index (χ0n) is 19.2. The summed E-state index contributed by atoms with van der Waals surface area (Å²) in [7, 11) is 0. The van der Waals surface area contributed by atoms with Crippen LogP contribution in [0.2, 0.25) is 0 Å². The maximum Gasteiger partial charge on any atom is 0.311 e. The first kappa shape index (κ1) is 28.1. The monoisotopic (exact) mass is 428 g/mol. The van der Waals surface area contributed by atoms with E-state index in [9.17, 15) is 29.7 Å². The summed E-state index contributed by atoms with van der Waals surface area (Å²) in [5.74, 6) is -4.88. The van der Waals surface area contributed by atoms with Gasteiger partial charge in [0.05, 0.1) is 26.2 Å². The Morgan fingerprint density at radius 1 is 0.700 bits per heavy atom. The lowest BCUT2D eigenvalue weighted by atomic mass is 10.0. The predicted octanol–water partition coefficient (Wildman–Crippen LogP) is 4.27. The molecule has 0 heterocycles. The average molecular weight is 429 g/mol. The molecule has 0 saturated heterocycles. The predicted molar refractivity (Wildman–Crippen MR) is 117 cm³/mol. The Labute approximate surface area is 181 Å². The molecule has 0 saturated carbocycles. The SMILES string of the molecule is CCCCCC/C=C/CCC[N+](CC(C)C(=O)O)(CC(C)C(=O)O)CC(C)C(=O)O. The molecule has 0 rings (SSSR count). The highest BCUT2D eigenvalue weighted by atomic mass is 16.4. The zero-order valence-corrected chi connectivity index (χ0v) is 19.2. The molecule has 7 heteroatoms. The van der Waals surface area contributed by atoms with Crippen molar-refractivity contribution < 1.29 is 34.2 Å². The summed E-state index contributed by atoms with van der Waals surface area (Å²) in [4.78, 5) is 34.5. The first-order valence-electron chi connectivity index (χ1n) is 11.2. The maximum absolute atomic E-state index is 11.5. The van der Waals surface area contributed by atoms with Gasteiger partial charge in [-0.25, -0.2) is 0 Å². The number of quaternary nitrogens is 1. The van der Waals surface area contributed by atoms with E-state index in [-0.39, 0.29) is 24.1 Å². The molecule has 30 heavy (non-hydrogen) atoms. The van der Waals surface area contributed by atoms with E-state index in [1.807, 2.05) is 0 Å². The van der Waals surface area contributed by atoms with Crippen LogP contribution >= 0.6 is 0 Å². The summed E-state index contributed by atoms with van der Waals surface area (Å²) in [5, 5.41) is 28.2. The Balaban J connectivity index is 5.22. The van der Waals surface area contributed by atoms with Crippen molar-refractivity contribution in [3.63, 3.8) is 0 Å². The maximum atomic E-state index is 11.5. The quantitative estimate of drug-likeness (QED) is 0.171. The van der Waals surface area contributed by atoms with Crippen molar-refractivity contribution in [2.24, 2.45) is 17.8 Å². The number of allylic oxidation sites excluding steroid dienone is 2. The summed E-state index contributed by atoms with van der Waals surface area (Å²) in [6.07, 6.45) is 11.8. The van der Waals surface area contributed by atoms with E-state index in [1.54, 1.807) is 20.8 Å². The number of carboxylic acids is 3. The molecule has 174 valence electrons. The number of unbranched alkanes of at least 4 members (excludes halogenated alkanes) is 5. The van der Waals surface area contributed by atoms with Gasteiger partial charge in [-0.15, -0.1) is 0 Å². The molecular weight excluding hydrogens is 386 g/mol. The van der Waals surface area contributed by atoms with E-state index in [1.165, 1.54) is 25.7 Å². The fourth-order valence-electron chi connectivity index (χ4n) is 3.94. The van der Waals surface area contributed by atoms with Gasteiger partial charge in [-0.2, -0.15) is 0 Å². The molecule has 0 aromatic heterocycles. The van der Waals surface area contributed by atoms with E-state index >= 15 is 0 Å². The molecule has 0 aromatic rings. The third-order valence-electron chi connectivity index (χ3n) is 5.64.